The molecule has 26 heavy (non-hydrogen) atoms. The summed E-state index contributed by atoms with van der Waals surface area (Å²) < 4.78 is 5.81. The van der Waals surface area contributed by atoms with Crippen LogP contribution < -0.4 is 15.4 Å². The van der Waals surface area contributed by atoms with Crippen molar-refractivity contribution in [3.8, 4) is 5.75 Å². The number of halogens is 2. The first-order valence-corrected chi connectivity index (χ1v) is 9.76. The van der Waals surface area contributed by atoms with E-state index in [4.69, 9.17) is 27.9 Å². The maximum Gasteiger partial charge on any atom is 0.119 e. The van der Waals surface area contributed by atoms with Gasteiger partial charge in [-0.2, -0.15) is 0 Å². The molecule has 2 aromatic rings. The third-order valence-corrected chi connectivity index (χ3v) is 5.06. The fourth-order valence-corrected chi connectivity index (χ4v) is 3.37. The number of benzene rings is 2. The van der Waals surface area contributed by atoms with Crippen LogP contribution in [0.2, 0.25) is 10.0 Å². The van der Waals surface area contributed by atoms with E-state index in [9.17, 15) is 0 Å². The van der Waals surface area contributed by atoms with Crippen LogP contribution >= 0.6 is 23.2 Å². The van der Waals surface area contributed by atoms with E-state index in [-0.39, 0.29) is 0 Å². The Morgan fingerprint density at radius 2 is 1.81 bits per heavy atom. The van der Waals surface area contributed by atoms with E-state index in [0.717, 1.165) is 57.1 Å². The first-order chi connectivity index (χ1) is 12.7. The number of hydrogen-bond acceptors (Lipinski definition) is 4. The van der Waals surface area contributed by atoms with Gasteiger partial charge in [0.05, 0.1) is 0 Å². The molecule has 2 aromatic carbocycles. The molecule has 0 radical (unpaired) electrons. The predicted molar refractivity (Wildman–Crippen MR) is 108 cm³/mol. The summed E-state index contributed by atoms with van der Waals surface area (Å²) >= 11 is 12.1. The van der Waals surface area contributed by atoms with Crippen LogP contribution in [0, 0.1) is 0 Å². The third-order valence-electron chi connectivity index (χ3n) is 4.48. The van der Waals surface area contributed by atoms with Crippen LogP contribution in [0.3, 0.4) is 0 Å². The van der Waals surface area contributed by atoms with Gasteiger partial charge in [-0.05, 0) is 29.8 Å². The predicted octanol–water partition coefficient (Wildman–Crippen LogP) is 3.57. The second-order valence-electron chi connectivity index (χ2n) is 6.44. The normalized spacial score (nSPS) is 15.2. The van der Waals surface area contributed by atoms with Crippen molar-refractivity contribution < 1.29 is 4.74 Å². The van der Waals surface area contributed by atoms with Crippen molar-refractivity contribution in [3.63, 3.8) is 0 Å². The average Bonchev–Trinajstić information content (AvgIpc) is 2.66. The lowest BCUT2D eigenvalue weighted by Crippen LogP contribution is -2.45. The molecule has 1 aliphatic rings. The number of hydrogen-bond donors (Lipinski definition) is 2. The molecule has 0 saturated carbocycles. The second kappa shape index (κ2) is 10.1. The highest BCUT2D eigenvalue weighted by molar-refractivity contribution is 6.35. The Bertz CT molecular complexity index is 688. The zero-order valence-corrected chi connectivity index (χ0v) is 16.3. The lowest BCUT2D eigenvalue weighted by molar-refractivity contribution is 0.241. The Morgan fingerprint density at radius 1 is 1.04 bits per heavy atom. The Morgan fingerprint density at radius 3 is 2.54 bits per heavy atom. The quantitative estimate of drug-likeness (QED) is 0.672. The van der Waals surface area contributed by atoms with Crippen LogP contribution in [0.1, 0.15) is 11.1 Å². The monoisotopic (exact) mass is 393 g/mol. The third kappa shape index (κ3) is 6.15. The topological polar surface area (TPSA) is 36.5 Å². The molecule has 0 atom stereocenters. The van der Waals surface area contributed by atoms with Gasteiger partial charge in [-0.3, -0.25) is 4.90 Å². The standard InChI is InChI=1S/C20H25Cl2N3O/c21-18-4-3-17(20(22)13-18)15-26-19-5-1-16(2-6-19)14-24-9-12-25-10-7-23-8-11-25/h1-6,13,23-24H,7-12,14-15H2. The molecule has 3 rings (SSSR count). The molecule has 0 bridgehead atoms. The molecule has 4 nitrogen and oxygen atoms in total. The van der Waals surface area contributed by atoms with Crippen molar-refractivity contribution in [2.45, 2.75) is 13.2 Å². The van der Waals surface area contributed by atoms with Gasteiger partial charge < -0.3 is 15.4 Å². The van der Waals surface area contributed by atoms with Gasteiger partial charge in [-0.15, -0.1) is 0 Å². The molecule has 1 heterocycles. The van der Waals surface area contributed by atoms with Crippen LogP contribution in [0.15, 0.2) is 42.5 Å². The second-order valence-corrected chi connectivity index (χ2v) is 7.28. The fourth-order valence-electron chi connectivity index (χ4n) is 2.91. The lowest BCUT2D eigenvalue weighted by atomic mass is 10.2. The highest BCUT2D eigenvalue weighted by Gasteiger charge is 2.08. The van der Waals surface area contributed by atoms with Gasteiger partial charge >= 0.3 is 0 Å². The molecule has 0 aromatic heterocycles. The van der Waals surface area contributed by atoms with Gasteiger partial charge in [0.2, 0.25) is 0 Å². The Hall–Kier alpha value is -1.30. The highest BCUT2D eigenvalue weighted by Crippen LogP contribution is 2.22. The average molecular weight is 394 g/mol. The summed E-state index contributed by atoms with van der Waals surface area (Å²) in [7, 11) is 0. The van der Waals surface area contributed by atoms with Crippen molar-refractivity contribution in [3.05, 3.63) is 63.6 Å². The summed E-state index contributed by atoms with van der Waals surface area (Å²) in [4.78, 5) is 2.49. The van der Waals surface area contributed by atoms with E-state index in [0.29, 0.717) is 16.7 Å². The number of ether oxygens (including phenoxy) is 1. The SMILES string of the molecule is Clc1ccc(COc2ccc(CNCCN3CCNCC3)cc2)c(Cl)c1. The van der Waals surface area contributed by atoms with Crippen molar-refractivity contribution in [2.24, 2.45) is 0 Å². The van der Waals surface area contributed by atoms with Crippen LogP contribution in [-0.4, -0.2) is 44.2 Å². The summed E-state index contributed by atoms with van der Waals surface area (Å²) in [5, 5.41) is 8.14. The van der Waals surface area contributed by atoms with Crippen molar-refractivity contribution in [1.82, 2.24) is 15.5 Å². The van der Waals surface area contributed by atoms with E-state index < -0.39 is 0 Å². The minimum atomic E-state index is 0.429. The zero-order chi connectivity index (χ0) is 18.2. The van der Waals surface area contributed by atoms with Gasteiger partial charge in [0.25, 0.3) is 0 Å². The zero-order valence-electron chi connectivity index (χ0n) is 14.8. The Kier molecular flexibility index (Phi) is 7.59. The molecular formula is C20H25Cl2N3O. The minimum Gasteiger partial charge on any atom is -0.489 e. The highest BCUT2D eigenvalue weighted by atomic mass is 35.5. The Labute approximate surface area is 165 Å². The largest absolute Gasteiger partial charge is 0.489 e. The van der Waals surface area contributed by atoms with E-state index in [2.05, 4.69) is 27.7 Å². The van der Waals surface area contributed by atoms with Crippen LogP contribution in [0.5, 0.6) is 5.75 Å². The van der Waals surface area contributed by atoms with Gasteiger partial charge in [0.15, 0.2) is 0 Å². The van der Waals surface area contributed by atoms with E-state index >= 15 is 0 Å². The molecule has 0 unspecified atom stereocenters. The molecule has 1 aliphatic heterocycles. The first-order valence-electron chi connectivity index (χ1n) is 9.00. The first kappa shape index (κ1) is 19.5. The Balaban J connectivity index is 1.38. The van der Waals surface area contributed by atoms with Crippen LogP contribution in [0.4, 0.5) is 0 Å². The van der Waals surface area contributed by atoms with Crippen molar-refractivity contribution in [1.29, 1.82) is 0 Å². The van der Waals surface area contributed by atoms with Crippen molar-refractivity contribution >= 4 is 23.2 Å². The van der Waals surface area contributed by atoms with Gasteiger partial charge in [-0.25, -0.2) is 0 Å². The van der Waals surface area contributed by atoms with Crippen molar-refractivity contribution in [2.75, 3.05) is 39.3 Å². The maximum absolute atomic E-state index is 6.17. The molecule has 2 N–H and O–H groups in total. The van der Waals surface area contributed by atoms with Crippen LogP contribution in [-0.2, 0) is 13.2 Å². The maximum atomic E-state index is 6.17. The van der Waals surface area contributed by atoms with Gasteiger partial charge in [-0.1, -0.05) is 41.4 Å². The number of rotatable bonds is 8. The van der Waals surface area contributed by atoms with Gasteiger partial charge in [0, 0.05) is 61.4 Å². The van der Waals surface area contributed by atoms with E-state index in [1.54, 1.807) is 6.07 Å². The summed E-state index contributed by atoms with van der Waals surface area (Å²) in [5.41, 5.74) is 2.18. The molecule has 1 saturated heterocycles. The molecule has 0 aliphatic carbocycles. The molecule has 140 valence electrons. The molecule has 6 heteroatoms. The summed E-state index contributed by atoms with van der Waals surface area (Å²) in [5.74, 6) is 0.834. The van der Waals surface area contributed by atoms with E-state index in [1.165, 1.54) is 5.56 Å². The van der Waals surface area contributed by atoms with E-state index in [1.807, 2.05) is 24.3 Å². The number of nitrogens with zero attached hydrogens (tertiary/aromatic N) is 1. The molecule has 0 spiro atoms. The van der Waals surface area contributed by atoms with Gasteiger partial charge in [0.1, 0.15) is 12.4 Å². The number of nitrogens with one attached hydrogen (secondary N) is 2. The van der Waals surface area contributed by atoms with Crippen LogP contribution in [0.25, 0.3) is 0 Å². The molecule has 0 amide bonds. The summed E-state index contributed by atoms with van der Waals surface area (Å²) in [6, 6.07) is 13.6. The minimum absolute atomic E-state index is 0.429. The smallest absolute Gasteiger partial charge is 0.119 e. The molecular weight excluding hydrogens is 369 g/mol. The number of piperazine rings is 1. The fraction of sp³-hybridized carbons (Fsp3) is 0.400. The lowest BCUT2D eigenvalue weighted by Gasteiger charge is -2.27. The molecule has 1 fully saturated rings. The summed E-state index contributed by atoms with van der Waals surface area (Å²) in [6.45, 7) is 7.90. The summed E-state index contributed by atoms with van der Waals surface area (Å²) in [6.07, 6.45) is 0.